The van der Waals surface area contributed by atoms with Crippen LogP contribution in [0.4, 0.5) is 0 Å². The standard InChI is InChI=1S/C12H12O2/c1-12(2)11(13)8-10(14-12)9-6-4-3-5-7-9/h3-8H,1-2H3. The van der Waals surface area contributed by atoms with Gasteiger partial charge >= 0.3 is 0 Å². The molecular weight excluding hydrogens is 176 g/mol. The lowest BCUT2D eigenvalue weighted by Crippen LogP contribution is -2.27. The third kappa shape index (κ3) is 1.43. The Bertz CT molecular complexity index is 388. The first-order valence-electron chi connectivity index (χ1n) is 4.60. The fourth-order valence-electron chi connectivity index (χ4n) is 1.39. The second-order valence-electron chi connectivity index (χ2n) is 3.85. The second kappa shape index (κ2) is 2.98. The summed E-state index contributed by atoms with van der Waals surface area (Å²) < 4.78 is 5.56. The van der Waals surface area contributed by atoms with Gasteiger partial charge < -0.3 is 4.74 Å². The van der Waals surface area contributed by atoms with Crippen molar-refractivity contribution >= 4 is 11.5 Å². The van der Waals surface area contributed by atoms with E-state index in [0.717, 1.165) is 5.56 Å². The molecule has 2 rings (SSSR count). The Morgan fingerprint density at radius 3 is 2.29 bits per heavy atom. The minimum Gasteiger partial charge on any atom is -0.479 e. The molecule has 0 spiro atoms. The molecule has 1 aliphatic heterocycles. The van der Waals surface area contributed by atoms with Gasteiger partial charge in [-0.2, -0.15) is 0 Å². The van der Waals surface area contributed by atoms with Gasteiger partial charge in [0.05, 0.1) is 0 Å². The first-order chi connectivity index (χ1) is 6.59. The second-order valence-corrected chi connectivity index (χ2v) is 3.85. The molecule has 0 aromatic heterocycles. The van der Waals surface area contributed by atoms with Gasteiger partial charge in [0.1, 0.15) is 5.76 Å². The maximum absolute atomic E-state index is 11.5. The Kier molecular flexibility index (Phi) is 1.92. The van der Waals surface area contributed by atoms with Crippen LogP contribution in [0.25, 0.3) is 5.76 Å². The summed E-state index contributed by atoms with van der Waals surface area (Å²) in [4.78, 5) is 11.5. The lowest BCUT2D eigenvalue weighted by Gasteiger charge is -2.17. The van der Waals surface area contributed by atoms with E-state index in [4.69, 9.17) is 4.74 Å². The molecule has 0 amide bonds. The molecule has 0 bridgehead atoms. The summed E-state index contributed by atoms with van der Waals surface area (Å²) in [6.07, 6.45) is 1.56. The van der Waals surface area contributed by atoms with Crippen LogP contribution in [0.3, 0.4) is 0 Å². The van der Waals surface area contributed by atoms with E-state index in [2.05, 4.69) is 0 Å². The zero-order valence-electron chi connectivity index (χ0n) is 8.28. The van der Waals surface area contributed by atoms with Crippen molar-refractivity contribution in [3.8, 4) is 0 Å². The molecule has 2 heteroatoms. The van der Waals surface area contributed by atoms with E-state index in [1.54, 1.807) is 19.9 Å². The lowest BCUT2D eigenvalue weighted by molar-refractivity contribution is -0.125. The fourth-order valence-corrected chi connectivity index (χ4v) is 1.39. The number of hydrogen-bond acceptors (Lipinski definition) is 2. The minimum absolute atomic E-state index is 0.0244. The highest BCUT2D eigenvalue weighted by atomic mass is 16.5. The van der Waals surface area contributed by atoms with E-state index in [-0.39, 0.29) is 5.78 Å². The third-order valence-electron chi connectivity index (χ3n) is 2.28. The highest BCUT2D eigenvalue weighted by Crippen LogP contribution is 2.30. The molecule has 2 nitrogen and oxygen atoms in total. The Balaban J connectivity index is 2.33. The SMILES string of the molecule is CC1(C)OC(c2ccccc2)=CC1=O. The molecule has 0 atom stereocenters. The smallest absolute Gasteiger partial charge is 0.202 e. The Morgan fingerprint density at radius 2 is 1.79 bits per heavy atom. The average Bonchev–Trinajstić information content (AvgIpc) is 2.43. The summed E-state index contributed by atoms with van der Waals surface area (Å²) in [7, 11) is 0. The van der Waals surface area contributed by atoms with Crippen LogP contribution in [-0.4, -0.2) is 11.4 Å². The number of carbonyl (C=O) groups excluding carboxylic acids is 1. The summed E-state index contributed by atoms with van der Waals surface area (Å²) >= 11 is 0. The van der Waals surface area contributed by atoms with Gasteiger partial charge in [-0.25, -0.2) is 0 Å². The molecular formula is C12H12O2. The largest absolute Gasteiger partial charge is 0.479 e. The number of ether oxygens (including phenoxy) is 1. The van der Waals surface area contributed by atoms with Crippen molar-refractivity contribution < 1.29 is 9.53 Å². The van der Waals surface area contributed by atoms with Crippen LogP contribution in [-0.2, 0) is 9.53 Å². The van der Waals surface area contributed by atoms with Crippen molar-refractivity contribution in [2.75, 3.05) is 0 Å². The van der Waals surface area contributed by atoms with Gasteiger partial charge in [-0.05, 0) is 13.8 Å². The molecule has 0 N–H and O–H groups in total. The topological polar surface area (TPSA) is 26.3 Å². The number of benzene rings is 1. The summed E-state index contributed by atoms with van der Waals surface area (Å²) in [5, 5.41) is 0. The number of hydrogen-bond donors (Lipinski definition) is 0. The summed E-state index contributed by atoms with van der Waals surface area (Å²) in [5.74, 6) is 0.692. The summed E-state index contributed by atoms with van der Waals surface area (Å²) in [6.45, 7) is 3.56. The van der Waals surface area contributed by atoms with Crippen LogP contribution in [0.1, 0.15) is 19.4 Å². The van der Waals surface area contributed by atoms with Gasteiger partial charge in [0.25, 0.3) is 0 Å². The van der Waals surface area contributed by atoms with E-state index in [9.17, 15) is 4.79 Å². The van der Waals surface area contributed by atoms with Gasteiger partial charge in [0.15, 0.2) is 5.60 Å². The van der Waals surface area contributed by atoms with E-state index < -0.39 is 5.60 Å². The summed E-state index contributed by atoms with van der Waals surface area (Å²) in [5.41, 5.74) is 0.247. The molecule has 0 saturated carbocycles. The molecule has 0 unspecified atom stereocenters. The summed E-state index contributed by atoms with van der Waals surface area (Å²) in [6, 6.07) is 9.65. The maximum atomic E-state index is 11.5. The van der Waals surface area contributed by atoms with Crippen molar-refractivity contribution in [2.24, 2.45) is 0 Å². The molecule has 0 saturated heterocycles. The first-order valence-corrected chi connectivity index (χ1v) is 4.60. The van der Waals surface area contributed by atoms with Crippen LogP contribution in [0.2, 0.25) is 0 Å². The van der Waals surface area contributed by atoms with Gasteiger partial charge in [-0.3, -0.25) is 4.79 Å². The molecule has 0 aliphatic carbocycles. The highest BCUT2D eigenvalue weighted by molar-refractivity contribution is 6.04. The monoisotopic (exact) mass is 188 g/mol. The van der Waals surface area contributed by atoms with Crippen molar-refractivity contribution in [3.05, 3.63) is 42.0 Å². The van der Waals surface area contributed by atoms with Gasteiger partial charge in [-0.15, -0.1) is 0 Å². The molecule has 14 heavy (non-hydrogen) atoms. The molecule has 1 heterocycles. The van der Waals surface area contributed by atoms with Crippen LogP contribution in [0, 0.1) is 0 Å². The molecule has 1 aliphatic rings. The zero-order valence-corrected chi connectivity index (χ0v) is 8.28. The number of carbonyl (C=O) groups is 1. The minimum atomic E-state index is -0.703. The van der Waals surface area contributed by atoms with Crippen LogP contribution < -0.4 is 0 Å². The van der Waals surface area contributed by atoms with Gasteiger partial charge in [-0.1, -0.05) is 30.3 Å². The van der Waals surface area contributed by atoms with E-state index >= 15 is 0 Å². The molecule has 1 aromatic carbocycles. The van der Waals surface area contributed by atoms with Gasteiger partial charge in [0.2, 0.25) is 5.78 Å². The van der Waals surface area contributed by atoms with E-state index in [0.29, 0.717) is 5.76 Å². The highest BCUT2D eigenvalue weighted by Gasteiger charge is 2.35. The van der Waals surface area contributed by atoms with Crippen LogP contribution in [0.5, 0.6) is 0 Å². The van der Waals surface area contributed by atoms with Crippen molar-refractivity contribution in [3.63, 3.8) is 0 Å². The van der Waals surface area contributed by atoms with Gasteiger partial charge in [0, 0.05) is 11.6 Å². The van der Waals surface area contributed by atoms with Crippen molar-refractivity contribution in [1.82, 2.24) is 0 Å². The maximum Gasteiger partial charge on any atom is 0.202 e. The van der Waals surface area contributed by atoms with E-state index in [1.165, 1.54) is 0 Å². The molecule has 0 fully saturated rings. The number of ketones is 1. The molecule has 1 aromatic rings. The Hall–Kier alpha value is -1.57. The van der Waals surface area contributed by atoms with Crippen LogP contribution in [0.15, 0.2) is 36.4 Å². The average molecular weight is 188 g/mol. The normalized spacial score (nSPS) is 19.0. The van der Waals surface area contributed by atoms with Crippen LogP contribution >= 0.6 is 0 Å². The Morgan fingerprint density at radius 1 is 1.14 bits per heavy atom. The van der Waals surface area contributed by atoms with Crippen molar-refractivity contribution in [1.29, 1.82) is 0 Å². The predicted molar refractivity (Wildman–Crippen MR) is 54.6 cm³/mol. The lowest BCUT2D eigenvalue weighted by atomic mass is 10.1. The number of rotatable bonds is 1. The first kappa shape index (κ1) is 9.00. The third-order valence-corrected chi connectivity index (χ3v) is 2.28. The van der Waals surface area contributed by atoms with Crippen molar-refractivity contribution in [2.45, 2.75) is 19.4 Å². The molecule has 0 radical (unpaired) electrons. The fraction of sp³-hybridized carbons (Fsp3) is 0.250. The zero-order chi connectivity index (χ0) is 10.2. The van der Waals surface area contributed by atoms with E-state index in [1.807, 2.05) is 30.3 Å². The molecule has 72 valence electrons. The Labute approximate surface area is 83.2 Å². The predicted octanol–water partition coefficient (Wildman–Crippen LogP) is 2.41. The quantitative estimate of drug-likeness (QED) is 0.676.